The first kappa shape index (κ1) is 12.5. The van der Waals surface area contributed by atoms with Gasteiger partial charge in [0.2, 0.25) is 0 Å². The summed E-state index contributed by atoms with van der Waals surface area (Å²) in [6.45, 7) is 4.17. The van der Waals surface area contributed by atoms with E-state index in [1.54, 1.807) is 12.1 Å². The van der Waals surface area contributed by atoms with Crippen LogP contribution in [0.2, 0.25) is 0 Å². The van der Waals surface area contributed by atoms with Crippen molar-refractivity contribution in [1.82, 2.24) is 0 Å². The number of nitrogens with one attached hydrogen (secondary N) is 1. The Morgan fingerprint density at radius 3 is 2.75 bits per heavy atom. The summed E-state index contributed by atoms with van der Waals surface area (Å²) in [5.41, 5.74) is 5.06. The third-order valence-corrected chi connectivity index (χ3v) is 2.52. The van der Waals surface area contributed by atoms with Crippen molar-refractivity contribution < 1.29 is 9.13 Å². The Bertz CT molecular complexity index is 377. The van der Waals surface area contributed by atoms with Crippen molar-refractivity contribution >= 4 is 5.84 Å². The van der Waals surface area contributed by atoms with Gasteiger partial charge in [-0.25, -0.2) is 4.39 Å². The number of benzene rings is 1. The Labute approximate surface area is 94.9 Å². The molecule has 0 bridgehead atoms. The molecule has 1 aromatic rings. The molecule has 4 heteroatoms. The van der Waals surface area contributed by atoms with E-state index >= 15 is 0 Å². The van der Waals surface area contributed by atoms with E-state index in [4.69, 9.17) is 15.9 Å². The summed E-state index contributed by atoms with van der Waals surface area (Å²) in [6.07, 6.45) is 0.624. The molecule has 16 heavy (non-hydrogen) atoms. The molecule has 0 spiro atoms. The maximum Gasteiger partial charge on any atom is 0.126 e. The monoisotopic (exact) mass is 224 g/mol. The molecule has 1 aromatic carbocycles. The van der Waals surface area contributed by atoms with E-state index in [0.717, 1.165) is 0 Å². The maximum absolute atomic E-state index is 12.8. The van der Waals surface area contributed by atoms with Gasteiger partial charge in [0.1, 0.15) is 11.6 Å². The third-order valence-electron chi connectivity index (χ3n) is 2.52. The van der Waals surface area contributed by atoms with Crippen LogP contribution in [0.15, 0.2) is 24.3 Å². The molecule has 0 aliphatic carbocycles. The molecule has 0 radical (unpaired) electrons. The SMILES string of the molecule is CC(C)(CCOc1cccc(F)c1)C(=N)N. The molecule has 0 atom stereocenters. The highest BCUT2D eigenvalue weighted by Gasteiger charge is 2.21. The van der Waals surface area contributed by atoms with E-state index in [9.17, 15) is 4.39 Å². The van der Waals surface area contributed by atoms with Gasteiger partial charge >= 0.3 is 0 Å². The minimum atomic E-state index is -0.382. The molecule has 0 heterocycles. The predicted octanol–water partition coefficient (Wildman–Crippen LogP) is 2.56. The van der Waals surface area contributed by atoms with Gasteiger partial charge in [0.05, 0.1) is 12.4 Å². The number of nitrogens with two attached hydrogens (primary N) is 1. The Hall–Kier alpha value is -1.58. The van der Waals surface area contributed by atoms with Crippen LogP contribution in [0.4, 0.5) is 4.39 Å². The lowest BCUT2D eigenvalue weighted by molar-refractivity contribution is 0.268. The van der Waals surface area contributed by atoms with Crippen molar-refractivity contribution in [3.05, 3.63) is 30.1 Å². The highest BCUT2D eigenvalue weighted by Crippen LogP contribution is 2.20. The highest BCUT2D eigenvalue weighted by atomic mass is 19.1. The molecule has 3 N–H and O–H groups in total. The first-order chi connectivity index (χ1) is 7.42. The molecule has 0 aromatic heterocycles. The molecule has 0 fully saturated rings. The zero-order chi connectivity index (χ0) is 12.2. The van der Waals surface area contributed by atoms with Crippen LogP contribution in [-0.4, -0.2) is 12.4 Å². The van der Waals surface area contributed by atoms with Crippen LogP contribution < -0.4 is 10.5 Å². The van der Waals surface area contributed by atoms with Gasteiger partial charge in [-0.05, 0) is 18.6 Å². The first-order valence-electron chi connectivity index (χ1n) is 5.15. The van der Waals surface area contributed by atoms with Crippen molar-refractivity contribution in [3.63, 3.8) is 0 Å². The number of ether oxygens (including phenoxy) is 1. The van der Waals surface area contributed by atoms with E-state index in [1.807, 2.05) is 13.8 Å². The first-order valence-corrected chi connectivity index (χ1v) is 5.15. The molecule has 1 rings (SSSR count). The van der Waals surface area contributed by atoms with Gasteiger partial charge in [-0.3, -0.25) is 5.41 Å². The third kappa shape index (κ3) is 3.53. The van der Waals surface area contributed by atoms with E-state index in [-0.39, 0.29) is 17.1 Å². The number of rotatable bonds is 5. The number of amidine groups is 1. The molecule has 0 aliphatic heterocycles. The van der Waals surface area contributed by atoms with Crippen molar-refractivity contribution in [1.29, 1.82) is 5.41 Å². The summed E-state index contributed by atoms with van der Waals surface area (Å²) >= 11 is 0. The molecular formula is C12H17FN2O. The molecule has 88 valence electrons. The predicted molar refractivity (Wildman–Crippen MR) is 62.2 cm³/mol. The number of hydrogen-bond donors (Lipinski definition) is 2. The van der Waals surface area contributed by atoms with Gasteiger partial charge in [-0.1, -0.05) is 19.9 Å². The lowest BCUT2D eigenvalue weighted by Crippen LogP contribution is -2.32. The minimum absolute atomic E-state index is 0.135. The standard InChI is InChI=1S/C12H17FN2O/c1-12(2,11(14)15)6-7-16-10-5-3-4-9(13)8-10/h3-5,8H,6-7H2,1-2H3,(H3,14,15). The molecule has 0 aliphatic rings. The van der Waals surface area contributed by atoms with Gasteiger partial charge in [-0.15, -0.1) is 0 Å². The second-order valence-corrected chi connectivity index (χ2v) is 4.35. The second kappa shape index (κ2) is 4.96. The topological polar surface area (TPSA) is 59.1 Å². The summed E-state index contributed by atoms with van der Waals surface area (Å²) < 4.78 is 18.2. The average Bonchev–Trinajstić information content (AvgIpc) is 2.17. The average molecular weight is 224 g/mol. The van der Waals surface area contributed by atoms with Crippen LogP contribution in [0.3, 0.4) is 0 Å². The molecule has 0 amide bonds. The fourth-order valence-electron chi connectivity index (χ4n) is 1.12. The van der Waals surface area contributed by atoms with Gasteiger partial charge in [-0.2, -0.15) is 0 Å². The fraction of sp³-hybridized carbons (Fsp3) is 0.417. The lowest BCUT2D eigenvalue weighted by atomic mass is 9.88. The summed E-state index contributed by atoms with van der Waals surface area (Å²) in [4.78, 5) is 0. The Balaban J connectivity index is 2.45. The van der Waals surface area contributed by atoms with Crippen LogP contribution in [0.1, 0.15) is 20.3 Å². The zero-order valence-electron chi connectivity index (χ0n) is 9.59. The van der Waals surface area contributed by atoms with Gasteiger partial charge in [0, 0.05) is 11.5 Å². The van der Waals surface area contributed by atoms with Crippen LogP contribution in [-0.2, 0) is 0 Å². The quantitative estimate of drug-likeness (QED) is 0.596. The molecule has 0 saturated heterocycles. The second-order valence-electron chi connectivity index (χ2n) is 4.35. The van der Waals surface area contributed by atoms with E-state index in [1.165, 1.54) is 12.1 Å². The lowest BCUT2D eigenvalue weighted by Gasteiger charge is -2.22. The summed E-state index contributed by atoms with van der Waals surface area (Å²) in [5.74, 6) is 0.318. The normalized spacial score (nSPS) is 11.2. The van der Waals surface area contributed by atoms with E-state index in [0.29, 0.717) is 18.8 Å². The van der Waals surface area contributed by atoms with Gasteiger partial charge in [0.15, 0.2) is 0 Å². The number of hydrogen-bond acceptors (Lipinski definition) is 2. The van der Waals surface area contributed by atoms with Crippen LogP contribution in [0, 0.1) is 16.6 Å². The largest absolute Gasteiger partial charge is 0.493 e. The molecule has 0 unspecified atom stereocenters. The Morgan fingerprint density at radius 1 is 1.50 bits per heavy atom. The van der Waals surface area contributed by atoms with Crippen molar-refractivity contribution in [2.75, 3.05) is 6.61 Å². The smallest absolute Gasteiger partial charge is 0.126 e. The molecular weight excluding hydrogens is 207 g/mol. The van der Waals surface area contributed by atoms with E-state index < -0.39 is 0 Å². The summed E-state index contributed by atoms with van der Waals surface area (Å²) in [6, 6.07) is 6.00. The van der Waals surface area contributed by atoms with E-state index in [2.05, 4.69) is 0 Å². The fourth-order valence-corrected chi connectivity index (χ4v) is 1.12. The maximum atomic E-state index is 12.8. The van der Waals surface area contributed by atoms with Gasteiger partial charge in [0.25, 0.3) is 0 Å². The van der Waals surface area contributed by atoms with Crippen LogP contribution in [0.25, 0.3) is 0 Å². The van der Waals surface area contributed by atoms with Crippen molar-refractivity contribution in [2.45, 2.75) is 20.3 Å². The van der Waals surface area contributed by atoms with Crippen LogP contribution in [0.5, 0.6) is 5.75 Å². The highest BCUT2D eigenvalue weighted by molar-refractivity contribution is 5.82. The van der Waals surface area contributed by atoms with Crippen LogP contribution >= 0.6 is 0 Å². The van der Waals surface area contributed by atoms with Gasteiger partial charge < -0.3 is 10.5 Å². The zero-order valence-corrected chi connectivity index (χ0v) is 9.59. The summed E-state index contributed by atoms with van der Waals surface area (Å²) in [7, 11) is 0. The number of halogens is 1. The molecule has 3 nitrogen and oxygen atoms in total. The summed E-state index contributed by atoms with van der Waals surface area (Å²) in [5, 5.41) is 7.38. The minimum Gasteiger partial charge on any atom is -0.493 e. The van der Waals surface area contributed by atoms with Crippen molar-refractivity contribution in [2.24, 2.45) is 11.1 Å². The van der Waals surface area contributed by atoms with Crippen molar-refractivity contribution in [3.8, 4) is 5.75 Å². The Morgan fingerprint density at radius 2 is 2.19 bits per heavy atom. The molecule has 0 saturated carbocycles. The Kier molecular flexibility index (Phi) is 3.88.